The zero-order valence-electron chi connectivity index (χ0n) is 6.97. The Labute approximate surface area is 75.4 Å². The number of aliphatic carboxylic acids is 1. The predicted octanol–water partition coefficient (Wildman–Crippen LogP) is 2.19. The van der Waals surface area contributed by atoms with Crippen molar-refractivity contribution in [2.45, 2.75) is 12.8 Å². The van der Waals surface area contributed by atoms with Gasteiger partial charge in [-0.1, -0.05) is 12.1 Å². The van der Waals surface area contributed by atoms with E-state index in [1.165, 1.54) is 0 Å². The van der Waals surface area contributed by atoms with Crippen LogP contribution in [0, 0.1) is 5.39 Å². The first kappa shape index (κ1) is 9.20. The van der Waals surface area contributed by atoms with Crippen molar-refractivity contribution in [3.8, 4) is 0 Å². The van der Waals surface area contributed by atoms with Crippen molar-refractivity contribution in [2.24, 2.45) is 0 Å². The number of hydrogen-bond acceptors (Lipinski definition) is 2. The summed E-state index contributed by atoms with van der Waals surface area (Å²) in [6, 6.07) is 6.77. The molecular formula is C9H9N2O2+. The van der Waals surface area contributed by atoms with E-state index in [-0.39, 0.29) is 6.42 Å². The van der Waals surface area contributed by atoms with Gasteiger partial charge in [-0.05, 0) is 12.0 Å². The summed E-state index contributed by atoms with van der Waals surface area (Å²) < 4.78 is 0. The molecule has 0 saturated heterocycles. The first-order valence-corrected chi connectivity index (χ1v) is 3.88. The molecule has 4 heteroatoms. The highest BCUT2D eigenvalue weighted by Gasteiger charge is 2.03. The molecular weight excluding hydrogens is 168 g/mol. The van der Waals surface area contributed by atoms with Gasteiger partial charge in [0.25, 0.3) is 0 Å². The highest BCUT2D eigenvalue weighted by Crippen LogP contribution is 2.13. The Bertz CT molecular complexity index is 338. The molecule has 0 saturated carbocycles. The van der Waals surface area contributed by atoms with Gasteiger partial charge in [0.1, 0.15) is 0 Å². The molecule has 1 aromatic rings. The normalized spacial score (nSPS) is 9.15. The molecule has 0 aliphatic heterocycles. The number of rotatable bonds is 3. The number of hydrogen-bond donors (Lipinski definition) is 1. The zero-order valence-corrected chi connectivity index (χ0v) is 6.97. The van der Waals surface area contributed by atoms with Crippen LogP contribution >= 0.6 is 0 Å². The average Bonchev–Trinajstić information content (AvgIpc) is 2.15. The van der Waals surface area contributed by atoms with Crippen molar-refractivity contribution in [1.82, 2.24) is 0 Å². The smallest absolute Gasteiger partial charge is 0.385 e. The van der Waals surface area contributed by atoms with Crippen molar-refractivity contribution in [2.75, 3.05) is 0 Å². The van der Waals surface area contributed by atoms with Crippen molar-refractivity contribution in [3.63, 3.8) is 0 Å². The van der Waals surface area contributed by atoms with Crippen LogP contribution in [0.25, 0.3) is 4.98 Å². The summed E-state index contributed by atoms with van der Waals surface area (Å²) in [5.74, 6) is -0.809. The minimum atomic E-state index is -0.809. The van der Waals surface area contributed by atoms with Gasteiger partial charge in [-0.25, -0.2) is 0 Å². The molecule has 0 spiro atoms. The van der Waals surface area contributed by atoms with Crippen LogP contribution in [0.2, 0.25) is 0 Å². The van der Waals surface area contributed by atoms with Crippen molar-refractivity contribution >= 4 is 11.7 Å². The van der Waals surface area contributed by atoms with Gasteiger partial charge >= 0.3 is 11.7 Å². The molecule has 1 aromatic carbocycles. The molecule has 4 nitrogen and oxygen atoms in total. The largest absolute Gasteiger partial charge is 0.481 e. The Morgan fingerprint density at radius 3 is 2.46 bits per heavy atom. The SMILES string of the molecule is N#[N+]c1ccc(CCC(=O)O)cc1. The Morgan fingerprint density at radius 1 is 1.38 bits per heavy atom. The molecule has 0 bridgehead atoms. The molecule has 0 amide bonds. The molecule has 0 atom stereocenters. The van der Waals surface area contributed by atoms with Crippen molar-refractivity contribution in [1.29, 1.82) is 5.39 Å². The van der Waals surface area contributed by atoms with Crippen LogP contribution in [-0.4, -0.2) is 11.1 Å². The van der Waals surface area contributed by atoms with Gasteiger partial charge in [0.05, 0.1) is 0 Å². The summed E-state index contributed by atoms with van der Waals surface area (Å²) >= 11 is 0. The molecule has 0 heterocycles. The van der Waals surface area contributed by atoms with Gasteiger partial charge in [0.15, 0.2) is 4.98 Å². The maximum Gasteiger partial charge on any atom is 0.385 e. The minimum Gasteiger partial charge on any atom is -0.481 e. The number of carboxylic acid groups (broad SMARTS) is 1. The van der Waals surface area contributed by atoms with E-state index >= 15 is 0 Å². The van der Waals surface area contributed by atoms with E-state index in [0.717, 1.165) is 5.56 Å². The lowest BCUT2D eigenvalue weighted by Gasteiger charge is -1.94. The van der Waals surface area contributed by atoms with E-state index in [9.17, 15) is 4.79 Å². The van der Waals surface area contributed by atoms with Crippen LogP contribution in [0.3, 0.4) is 0 Å². The number of diazo groups is 1. The van der Waals surface area contributed by atoms with Crippen molar-refractivity contribution in [3.05, 3.63) is 34.8 Å². The Hall–Kier alpha value is -1.89. The molecule has 0 aliphatic rings. The maximum absolute atomic E-state index is 10.2. The first-order valence-electron chi connectivity index (χ1n) is 3.88. The number of carboxylic acids is 1. The molecule has 0 aliphatic carbocycles. The number of aryl methyl sites for hydroxylation is 1. The van der Waals surface area contributed by atoms with Gasteiger partial charge in [0.2, 0.25) is 5.39 Å². The summed E-state index contributed by atoms with van der Waals surface area (Å²) in [6.45, 7) is 0. The lowest BCUT2D eigenvalue weighted by atomic mass is 10.1. The minimum absolute atomic E-state index is 0.121. The fraction of sp³-hybridized carbons (Fsp3) is 0.222. The average molecular weight is 177 g/mol. The van der Waals surface area contributed by atoms with Crippen LogP contribution in [0.15, 0.2) is 24.3 Å². The van der Waals surface area contributed by atoms with E-state index in [0.29, 0.717) is 12.1 Å². The monoisotopic (exact) mass is 177 g/mol. The molecule has 13 heavy (non-hydrogen) atoms. The Kier molecular flexibility index (Phi) is 2.98. The third kappa shape index (κ3) is 2.91. The molecule has 0 aromatic heterocycles. The highest BCUT2D eigenvalue weighted by molar-refractivity contribution is 5.67. The second-order valence-corrected chi connectivity index (χ2v) is 2.66. The van der Waals surface area contributed by atoms with Crippen LogP contribution in [0.4, 0.5) is 5.69 Å². The van der Waals surface area contributed by atoms with E-state index < -0.39 is 5.97 Å². The van der Waals surface area contributed by atoms with Crippen LogP contribution < -0.4 is 0 Å². The summed E-state index contributed by atoms with van der Waals surface area (Å²) in [5.41, 5.74) is 1.40. The van der Waals surface area contributed by atoms with Crippen LogP contribution in [0.1, 0.15) is 12.0 Å². The third-order valence-corrected chi connectivity index (χ3v) is 1.68. The number of nitrogens with zero attached hydrogens (tertiary/aromatic N) is 2. The lowest BCUT2D eigenvalue weighted by molar-refractivity contribution is -0.136. The summed E-state index contributed by atoms with van der Waals surface area (Å²) in [5, 5.41) is 16.8. The molecule has 0 radical (unpaired) electrons. The zero-order chi connectivity index (χ0) is 9.68. The quantitative estimate of drug-likeness (QED) is 0.719. The molecule has 66 valence electrons. The molecule has 1 rings (SSSR count). The Balaban J connectivity index is 2.60. The van der Waals surface area contributed by atoms with Gasteiger partial charge in [-0.2, -0.15) is 0 Å². The topological polar surface area (TPSA) is 65.5 Å². The second kappa shape index (κ2) is 4.21. The number of benzene rings is 1. The summed E-state index contributed by atoms with van der Waals surface area (Å²) in [6.07, 6.45) is 0.622. The van der Waals surface area contributed by atoms with Gasteiger partial charge in [-0.3, -0.25) is 4.79 Å². The predicted molar refractivity (Wildman–Crippen MR) is 47.1 cm³/mol. The lowest BCUT2D eigenvalue weighted by Crippen LogP contribution is -1.96. The maximum atomic E-state index is 10.2. The summed E-state index contributed by atoms with van der Waals surface area (Å²) in [4.78, 5) is 13.2. The second-order valence-electron chi connectivity index (χ2n) is 2.66. The van der Waals surface area contributed by atoms with Crippen LogP contribution in [0.5, 0.6) is 0 Å². The van der Waals surface area contributed by atoms with E-state index in [2.05, 4.69) is 4.98 Å². The van der Waals surface area contributed by atoms with Crippen molar-refractivity contribution < 1.29 is 9.90 Å². The fourth-order valence-electron chi connectivity index (χ4n) is 0.981. The molecule has 1 N–H and O–H groups in total. The summed E-state index contributed by atoms with van der Waals surface area (Å²) in [7, 11) is 0. The van der Waals surface area contributed by atoms with E-state index in [1.54, 1.807) is 24.3 Å². The standard InChI is InChI=1S/C9H8N2O2/c10-11-8-4-1-7(2-5-8)3-6-9(12)13/h1-2,4-5H,3,6H2/p+1. The molecule has 0 unspecified atom stereocenters. The third-order valence-electron chi connectivity index (χ3n) is 1.68. The van der Waals surface area contributed by atoms with Crippen LogP contribution in [-0.2, 0) is 11.2 Å². The fourth-order valence-corrected chi connectivity index (χ4v) is 0.981. The first-order chi connectivity index (χ1) is 6.22. The van der Waals surface area contributed by atoms with E-state index in [1.807, 2.05) is 0 Å². The van der Waals surface area contributed by atoms with Gasteiger partial charge in [0, 0.05) is 18.6 Å². The highest BCUT2D eigenvalue weighted by atomic mass is 16.4. The molecule has 0 fully saturated rings. The van der Waals surface area contributed by atoms with Gasteiger partial charge in [-0.15, -0.1) is 0 Å². The number of carbonyl (C=O) groups is 1. The van der Waals surface area contributed by atoms with E-state index in [4.69, 9.17) is 10.5 Å². The van der Waals surface area contributed by atoms with Gasteiger partial charge < -0.3 is 5.11 Å². The Morgan fingerprint density at radius 2 is 2.00 bits per heavy atom.